The van der Waals surface area contributed by atoms with Crippen LogP contribution in [0.1, 0.15) is 11.1 Å². The highest BCUT2D eigenvalue weighted by molar-refractivity contribution is 6.31. The minimum atomic E-state index is 0.627. The number of aromatic nitrogens is 1. The minimum absolute atomic E-state index is 0.627. The number of rotatable bonds is 3. The van der Waals surface area contributed by atoms with Gasteiger partial charge < -0.3 is 0 Å². The summed E-state index contributed by atoms with van der Waals surface area (Å²) in [4.78, 5) is 4.28. The van der Waals surface area contributed by atoms with E-state index in [-0.39, 0.29) is 0 Å². The zero-order chi connectivity index (χ0) is 15.4. The Hall–Kier alpha value is -2.90. The van der Waals surface area contributed by atoms with E-state index >= 15 is 0 Å². The van der Waals surface area contributed by atoms with E-state index in [1.165, 1.54) is 0 Å². The molecule has 0 atom stereocenters. The first kappa shape index (κ1) is 14.1. The predicted octanol–water partition coefficient (Wildman–Crippen LogP) is 4.21. The molecule has 0 radical (unpaired) electrons. The lowest BCUT2D eigenvalue weighted by Gasteiger charge is -2.05. The van der Waals surface area contributed by atoms with Crippen LogP contribution in [0.2, 0.25) is 5.02 Å². The fraction of sp³-hybridized carbons (Fsp3) is 0. The largest absolute Gasteiger partial charge is 0.278 e. The summed E-state index contributed by atoms with van der Waals surface area (Å²) in [6.07, 6.45) is 3.40. The van der Waals surface area contributed by atoms with Crippen molar-refractivity contribution in [1.29, 1.82) is 5.26 Å². The van der Waals surface area contributed by atoms with Crippen LogP contribution in [-0.2, 0) is 0 Å². The third-order valence-corrected chi connectivity index (χ3v) is 3.38. The van der Waals surface area contributed by atoms with Crippen molar-refractivity contribution >= 4 is 34.4 Å². The van der Waals surface area contributed by atoms with Crippen LogP contribution < -0.4 is 5.43 Å². The number of nitriles is 1. The van der Waals surface area contributed by atoms with Crippen molar-refractivity contribution in [3.8, 4) is 6.07 Å². The lowest BCUT2D eigenvalue weighted by molar-refractivity contribution is 1.33. The molecule has 0 fully saturated rings. The molecule has 0 aliphatic carbocycles. The molecule has 5 heteroatoms. The number of benzene rings is 2. The third kappa shape index (κ3) is 3.05. The van der Waals surface area contributed by atoms with Crippen LogP contribution in [0, 0.1) is 11.3 Å². The Labute approximate surface area is 132 Å². The van der Waals surface area contributed by atoms with Gasteiger partial charge >= 0.3 is 0 Å². The molecule has 4 nitrogen and oxygen atoms in total. The summed E-state index contributed by atoms with van der Waals surface area (Å²) in [7, 11) is 0. The molecular formula is C17H11ClN4. The Morgan fingerprint density at radius 1 is 1.14 bits per heavy atom. The monoisotopic (exact) mass is 306 g/mol. The molecule has 3 rings (SSSR count). The van der Waals surface area contributed by atoms with Crippen molar-refractivity contribution in [1.82, 2.24) is 4.98 Å². The van der Waals surface area contributed by atoms with Gasteiger partial charge in [-0.25, -0.2) is 0 Å². The van der Waals surface area contributed by atoms with Crippen LogP contribution in [-0.4, -0.2) is 11.2 Å². The highest BCUT2D eigenvalue weighted by atomic mass is 35.5. The summed E-state index contributed by atoms with van der Waals surface area (Å²) >= 11 is 5.97. The maximum atomic E-state index is 8.76. The average Bonchev–Trinajstić information content (AvgIpc) is 2.55. The fourth-order valence-corrected chi connectivity index (χ4v) is 2.21. The molecule has 1 N–H and O–H groups in total. The van der Waals surface area contributed by atoms with Crippen LogP contribution in [0.4, 0.5) is 5.69 Å². The standard InChI is InChI=1S/C17H11ClN4/c18-14-5-6-15-16(7-8-20-17(15)9-14)22-21-11-13-3-1-12(10-19)2-4-13/h1-9,11H,(H,20,22)/b21-11-. The van der Waals surface area contributed by atoms with Gasteiger partial charge in [-0.2, -0.15) is 10.4 Å². The Bertz CT molecular complexity index is 879. The number of fused-ring (bicyclic) bond motifs is 1. The lowest BCUT2D eigenvalue weighted by atomic mass is 10.2. The first-order valence-corrected chi connectivity index (χ1v) is 6.97. The molecular weight excluding hydrogens is 296 g/mol. The number of anilines is 1. The number of halogens is 1. The molecule has 0 amide bonds. The Morgan fingerprint density at radius 3 is 2.73 bits per heavy atom. The Kier molecular flexibility index (Phi) is 3.99. The summed E-state index contributed by atoms with van der Waals surface area (Å²) in [5, 5.41) is 14.6. The van der Waals surface area contributed by atoms with E-state index in [0.29, 0.717) is 10.6 Å². The van der Waals surface area contributed by atoms with E-state index < -0.39 is 0 Å². The maximum absolute atomic E-state index is 8.76. The quantitative estimate of drug-likeness (QED) is 0.582. The van der Waals surface area contributed by atoms with E-state index in [9.17, 15) is 0 Å². The molecule has 1 heterocycles. The Morgan fingerprint density at radius 2 is 1.95 bits per heavy atom. The highest BCUT2D eigenvalue weighted by Gasteiger charge is 2.01. The first-order valence-electron chi connectivity index (χ1n) is 6.60. The molecule has 0 bridgehead atoms. The first-order chi connectivity index (χ1) is 10.8. The lowest BCUT2D eigenvalue weighted by Crippen LogP contribution is -1.93. The number of pyridine rings is 1. The molecule has 0 spiro atoms. The number of hydrazone groups is 1. The van der Waals surface area contributed by atoms with Gasteiger partial charge in [-0.3, -0.25) is 10.4 Å². The number of hydrogen-bond donors (Lipinski definition) is 1. The zero-order valence-corrected chi connectivity index (χ0v) is 12.2. The molecule has 0 aliphatic rings. The maximum Gasteiger partial charge on any atom is 0.0991 e. The van der Waals surface area contributed by atoms with Crippen molar-refractivity contribution in [3.05, 3.63) is 70.9 Å². The van der Waals surface area contributed by atoms with Crippen molar-refractivity contribution < 1.29 is 0 Å². The number of nitrogens with zero attached hydrogens (tertiary/aromatic N) is 3. The van der Waals surface area contributed by atoms with Gasteiger partial charge in [0.15, 0.2) is 0 Å². The summed E-state index contributed by atoms with van der Waals surface area (Å²) in [5.74, 6) is 0. The van der Waals surface area contributed by atoms with Gasteiger partial charge in [0.25, 0.3) is 0 Å². The van der Waals surface area contributed by atoms with Crippen LogP contribution in [0.15, 0.2) is 59.8 Å². The van der Waals surface area contributed by atoms with Crippen LogP contribution in [0.5, 0.6) is 0 Å². The summed E-state index contributed by atoms with van der Waals surface area (Å²) in [6.45, 7) is 0. The van der Waals surface area contributed by atoms with Gasteiger partial charge in [0.2, 0.25) is 0 Å². The Balaban J connectivity index is 1.81. The second-order valence-electron chi connectivity index (χ2n) is 4.62. The molecule has 3 aromatic rings. The molecule has 22 heavy (non-hydrogen) atoms. The SMILES string of the molecule is N#Cc1ccc(/C=N\Nc2ccnc3cc(Cl)ccc23)cc1. The molecule has 1 aromatic heterocycles. The third-order valence-electron chi connectivity index (χ3n) is 3.14. The molecule has 0 aliphatic heterocycles. The van der Waals surface area contributed by atoms with Crippen LogP contribution in [0.3, 0.4) is 0 Å². The van der Waals surface area contributed by atoms with Gasteiger partial charge in [-0.1, -0.05) is 23.7 Å². The molecule has 0 saturated carbocycles. The van der Waals surface area contributed by atoms with E-state index in [4.69, 9.17) is 16.9 Å². The number of hydrogen-bond acceptors (Lipinski definition) is 4. The van der Waals surface area contributed by atoms with Gasteiger partial charge in [0.05, 0.1) is 29.1 Å². The molecule has 2 aromatic carbocycles. The molecule has 106 valence electrons. The van der Waals surface area contributed by atoms with E-state index in [0.717, 1.165) is 22.2 Å². The van der Waals surface area contributed by atoms with Crippen LogP contribution >= 0.6 is 11.6 Å². The van der Waals surface area contributed by atoms with Crippen molar-refractivity contribution in [2.75, 3.05) is 5.43 Å². The van der Waals surface area contributed by atoms with Gasteiger partial charge in [0, 0.05) is 16.6 Å². The van der Waals surface area contributed by atoms with Gasteiger partial charge in [-0.05, 0) is 42.0 Å². The second-order valence-corrected chi connectivity index (χ2v) is 5.06. The van der Waals surface area contributed by atoms with Crippen LogP contribution in [0.25, 0.3) is 10.9 Å². The highest BCUT2D eigenvalue weighted by Crippen LogP contribution is 2.24. The van der Waals surface area contributed by atoms with Crippen molar-refractivity contribution in [2.24, 2.45) is 5.10 Å². The summed E-state index contributed by atoms with van der Waals surface area (Å²) in [5.41, 5.74) is 6.21. The van der Waals surface area contributed by atoms with Gasteiger partial charge in [0.1, 0.15) is 0 Å². The average molecular weight is 307 g/mol. The normalized spacial score (nSPS) is 10.7. The molecule has 0 saturated heterocycles. The van der Waals surface area contributed by atoms with Crippen molar-refractivity contribution in [2.45, 2.75) is 0 Å². The predicted molar refractivity (Wildman–Crippen MR) is 89.1 cm³/mol. The van der Waals surface area contributed by atoms with E-state index in [1.54, 1.807) is 24.5 Å². The molecule has 0 unspecified atom stereocenters. The van der Waals surface area contributed by atoms with E-state index in [1.807, 2.05) is 36.4 Å². The summed E-state index contributed by atoms with van der Waals surface area (Å²) in [6, 6.07) is 16.7. The number of nitrogens with one attached hydrogen (secondary N) is 1. The topological polar surface area (TPSA) is 61.1 Å². The van der Waals surface area contributed by atoms with E-state index in [2.05, 4.69) is 21.6 Å². The van der Waals surface area contributed by atoms with Gasteiger partial charge in [-0.15, -0.1) is 0 Å². The fourth-order valence-electron chi connectivity index (χ4n) is 2.04. The summed E-state index contributed by atoms with van der Waals surface area (Å²) < 4.78 is 0. The zero-order valence-electron chi connectivity index (χ0n) is 11.5. The smallest absolute Gasteiger partial charge is 0.0991 e. The second kappa shape index (κ2) is 6.25. The van der Waals surface area contributed by atoms with Crippen molar-refractivity contribution in [3.63, 3.8) is 0 Å². The minimum Gasteiger partial charge on any atom is -0.278 e.